The molecule has 2 aromatic carbocycles. The number of benzene rings is 2. The van der Waals surface area contributed by atoms with Crippen LogP contribution >= 0.6 is 0 Å². The highest BCUT2D eigenvalue weighted by Gasteiger charge is 2.32. The van der Waals surface area contributed by atoms with E-state index >= 15 is 0 Å². The predicted molar refractivity (Wildman–Crippen MR) is 109 cm³/mol. The third-order valence-electron chi connectivity index (χ3n) is 5.21. The van der Waals surface area contributed by atoms with Gasteiger partial charge in [0.15, 0.2) is 0 Å². The average molecular weight is 387 g/mol. The van der Waals surface area contributed by atoms with Gasteiger partial charge in [0, 0.05) is 35.7 Å². The van der Waals surface area contributed by atoms with Crippen molar-refractivity contribution in [2.75, 3.05) is 6.54 Å². The molecule has 0 bridgehead atoms. The number of nitrogens with one attached hydrogen (secondary N) is 1. The van der Waals surface area contributed by atoms with Gasteiger partial charge in [0.2, 0.25) is 5.91 Å². The molecule has 3 aromatic rings. The Labute approximate surface area is 168 Å². The largest absolute Gasteiger partial charge is 0.350 e. The van der Waals surface area contributed by atoms with Crippen LogP contribution in [0.15, 0.2) is 54.7 Å². The van der Waals surface area contributed by atoms with Gasteiger partial charge in [-0.05, 0) is 42.5 Å². The lowest BCUT2D eigenvalue weighted by Gasteiger charge is -2.27. The molecule has 0 aliphatic carbocycles. The zero-order chi connectivity index (χ0) is 20.4. The van der Waals surface area contributed by atoms with E-state index in [0.29, 0.717) is 29.5 Å². The van der Waals surface area contributed by atoms with E-state index in [2.05, 4.69) is 10.3 Å². The number of nitrogens with zero attached hydrogens (tertiary/aromatic N) is 2. The van der Waals surface area contributed by atoms with Gasteiger partial charge in [0.25, 0.3) is 11.8 Å². The van der Waals surface area contributed by atoms with Crippen molar-refractivity contribution in [2.24, 2.45) is 0 Å². The molecule has 6 heteroatoms. The summed E-state index contributed by atoms with van der Waals surface area (Å²) < 4.78 is 0. The molecule has 0 saturated carbocycles. The molecule has 6 nitrogen and oxygen atoms in total. The van der Waals surface area contributed by atoms with E-state index in [0.717, 1.165) is 16.6 Å². The van der Waals surface area contributed by atoms with Gasteiger partial charge < -0.3 is 5.32 Å². The molecule has 1 aliphatic heterocycles. The Morgan fingerprint density at radius 3 is 2.34 bits per heavy atom. The standard InChI is InChI=1S/C23H21N3O3/c1-15-6-4-12-24-19(15)14-25-20(27)11-5-13-26-22(28)17-9-2-7-16-8-3-10-18(21(16)17)23(26)29/h2-4,6-10,12H,5,11,13-14H2,1H3,(H,25,27). The van der Waals surface area contributed by atoms with Gasteiger partial charge in [-0.15, -0.1) is 0 Å². The third kappa shape index (κ3) is 3.61. The van der Waals surface area contributed by atoms with Gasteiger partial charge in [-0.2, -0.15) is 0 Å². The smallest absolute Gasteiger partial charge is 0.261 e. The molecule has 1 aliphatic rings. The number of rotatable bonds is 6. The summed E-state index contributed by atoms with van der Waals surface area (Å²) in [6.45, 7) is 2.52. The fraction of sp³-hybridized carbons (Fsp3) is 0.217. The quantitative estimate of drug-likeness (QED) is 0.659. The molecule has 0 saturated heterocycles. The molecule has 0 fully saturated rings. The number of pyridine rings is 1. The minimum absolute atomic E-state index is 0.130. The van der Waals surface area contributed by atoms with Gasteiger partial charge in [0.1, 0.15) is 0 Å². The van der Waals surface area contributed by atoms with E-state index in [1.165, 1.54) is 4.90 Å². The van der Waals surface area contributed by atoms with Crippen molar-refractivity contribution in [3.63, 3.8) is 0 Å². The number of aromatic nitrogens is 1. The summed E-state index contributed by atoms with van der Waals surface area (Å²) in [6.07, 6.45) is 2.33. The molecule has 2 heterocycles. The summed E-state index contributed by atoms with van der Waals surface area (Å²) in [4.78, 5) is 43.3. The van der Waals surface area contributed by atoms with Crippen LogP contribution in [-0.4, -0.2) is 34.2 Å². The minimum atomic E-state index is -0.302. The monoisotopic (exact) mass is 387 g/mol. The summed E-state index contributed by atoms with van der Waals surface area (Å²) in [5.41, 5.74) is 2.91. The first-order chi connectivity index (χ1) is 14.1. The van der Waals surface area contributed by atoms with Crippen molar-refractivity contribution in [2.45, 2.75) is 26.3 Å². The van der Waals surface area contributed by atoms with Crippen LogP contribution in [0, 0.1) is 6.92 Å². The van der Waals surface area contributed by atoms with Crippen LogP contribution in [0.4, 0.5) is 0 Å². The summed E-state index contributed by atoms with van der Waals surface area (Å²) >= 11 is 0. The van der Waals surface area contributed by atoms with Gasteiger partial charge in [-0.1, -0.05) is 30.3 Å². The van der Waals surface area contributed by atoms with E-state index in [1.807, 2.05) is 43.3 Å². The van der Waals surface area contributed by atoms with Crippen LogP contribution in [0.1, 0.15) is 44.8 Å². The zero-order valence-corrected chi connectivity index (χ0v) is 16.1. The molecule has 0 atom stereocenters. The van der Waals surface area contributed by atoms with Crippen LogP contribution in [-0.2, 0) is 11.3 Å². The fourth-order valence-electron chi connectivity index (χ4n) is 3.66. The molecule has 146 valence electrons. The SMILES string of the molecule is Cc1cccnc1CNC(=O)CCCN1C(=O)c2cccc3cccc(c23)C1=O. The third-order valence-corrected chi connectivity index (χ3v) is 5.21. The van der Waals surface area contributed by atoms with Crippen molar-refractivity contribution in [1.82, 2.24) is 15.2 Å². The Kier molecular flexibility index (Phi) is 5.08. The van der Waals surface area contributed by atoms with E-state index < -0.39 is 0 Å². The summed E-state index contributed by atoms with van der Waals surface area (Å²) in [5, 5.41) is 4.43. The normalized spacial score (nSPS) is 13.1. The highest BCUT2D eigenvalue weighted by Crippen LogP contribution is 2.30. The molecule has 1 aromatic heterocycles. The van der Waals surface area contributed by atoms with Crippen molar-refractivity contribution < 1.29 is 14.4 Å². The number of aryl methyl sites for hydroxylation is 1. The first-order valence-corrected chi connectivity index (χ1v) is 9.61. The Balaban J connectivity index is 1.38. The van der Waals surface area contributed by atoms with Crippen molar-refractivity contribution in [3.8, 4) is 0 Å². The lowest BCUT2D eigenvalue weighted by atomic mass is 9.94. The second kappa shape index (κ2) is 7.83. The minimum Gasteiger partial charge on any atom is -0.350 e. The summed E-state index contributed by atoms with van der Waals surface area (Å²) in [7, 11) is 0. The second-order valence-electron chi connectivity index (χ2n) is 7.12. The van der Waals surface area contributed by atoms with E-state index in [9.17, 15) is 14.4 Å². The molecule has 29 heavy (non-hydrogen) atoms. The molecular formula is C23H21N3O3. The molecular weight excluding hydrogens is 366 g/mol. The fourth-order valence-corrected chi connectivity index (χ4v) is 3.66. The topological polar surface area (TPSA) is 79.4 Å². The highest BCUT2D eigenvalue weighted by molar-refractivity contribution is 6.25. The summed E-state index contributed by atoms with van der Waals surface area (Å²) in [6, 6.07) is 14.7. The van der Waals surface area contributed by atoms with E-state index in [-0.39, 0.29) is 30.7 Å². The maximum Gasteiger partial charge on any atom is 0.261 e. The lowest BCUT2D eigenvalue weighted by Crippen LogP contribution is -2.41. The number of hydrogen-bond acceptors (Lipinski definition) is 4. The Morgan fingerprint density at radius 2 is 1.69 bits per heavy atom. The predicted octanol–water partition coefficient (Wildman–Crippen LogP) is 3.24. The Morgan fingerprint density at radius 1 is 1.00 bits per heavy atom. The highest BCUT2D eigenvalue weighted by atomic mass is 16.2. The molecule has 0 unspecified atom stereocenters. The Hall–Kier alpha value is -3.54. The zero-order valence-electron chi connectivity index (χ0n) is 16.1. The molecule has 1 N–H and O–H groups in total. The van der Waals surface area contributed by atoms with Crippen LogP contribution in [0.2, 0.25) is 0 Å². The maximum atomic E-state index is 12.8. The van der Waals surface area contributed by atoms with Crippen LogP contribution < -0.4 is 5.32 Å². The number of hydrogen-bond donors (Lipinski definition) is 1. The molecule has 0 radical (unpaired) electrons. The molecule has 3 amide bonds. The number of carbonyl (C=O) groups is 3. The van der Waals surface area contributed by atoms with Crippen molar-refractivity contribution in [1.29, 1.82) is 0 Å². The average Bonchev–Trinajstić information content (AvgIpc) is 2.73. The van der Waals surface area contributed by atoms with Crippen molar-refractivity contribution in [3.05, 3.63) is 77.1 Å². The summed E-state index contributed by atoms with van der Waals surface area (Å²) in [5.74, 6) is -0.734. The molecule has 4 rings (SSSR count). The number of carbonyl (C=O) groups excluding carboxylic acids is 3. The van der Waals surface area contributed by atoms with Gasteiger partial charge in [0.05, 0.1) is 12.2 Å². The number of amides is 3. The lowest BCUT2D eigenvalue weighted by molar-refractivity contribution is -0.121. The van der Waals surface area contributed by atoms with Gasteiger partial charge in [-0.3, -0.25) is 24.3 Å². The van der Waals surface area contributed by atoms with Crippen LogP contribution in [0.5, 0.6) is 0 Å². The van der Waals surface area contributed by atoms with Gasteiger partial charge in [-0.25, -0.2) is 0 Å². The van der Waals surface area contributed by atoms with Crippen molar-refractivity contribution >= 4 is 28.5 Å². The first-order valence-electron chi connectivity index (χ1n) is 9.61. The second-order valence-corrected chi connectivity index (χ2v) is 7.12. The van der Waals surface area contributed by atoms with Crippen LogP contribution in [0.25, 0.3) is 10.8 Å². The van der Waals surface area contributed by atoms with Gasteiger partial charge >= 0.3 is 0 Å². The molecule has 0 spiro atoms. The number of imide groups is 1. The van der Waals surface area contributed by atoms with Crippen LogP contribution in [0.3, 0.4) is 0 Å². The first kappa shape index (κ1) is 18.8. The van der Waals surface area contributed by atoms with E-state index in [1.54, 1.807) is 18.3 Å². The Bertz CT molecular complexity index is 1070. The van der Waals surface area contributed by atoms with E-state index in [4.69, 9.17) is 0 Å². The maximum absolute atomic E-state index is 12.8.